The van der Waals surface area contributed by atoms with Gasteiger partial charge in [0.05, 0.1) is 11.0 Å². The maximum atomic E-state index is 13.9. The first kappa shape index (κ1) is 15.3. The molecule has 0 heterocycles. The average molecular weight is 328 g/mol. The number of aromatic carboxylic acids is 1. The van der Waals surface area contributed by atoms with E-state index < -0.39 is 28.0 Å². The lowest BCUT2D eigenvalue weighted by atomic mass is 10.2. The SMILES string of the molecule is O=C(O)c1cc(Sc2cccc(Cl)c2)c(F)cc1[N+](=O)[O-]. The highest BCUT2D eigenvalue weighted by atomic mass is 35.5. The van der Waals surface area contributed by atoms with Gasteiger partial charge in [0, 0.05) is 14.8 Å². The van der Waals surface area contributed by atoms with Crippen LogP contribution in [0.3, 0.4) is 0 Å². The molecule has 2 aromatic rings. The zero-order valence-electron chi connectivity index (χ0n) is 10.2. The molecule has 0 aliphatic rings. The Balaban J connectivity index is 2.47. The van der Waals surface area contributed by atoms with Crippen LogP contribution in [0.1, 0.15) is 10.4 Å². The Morgan fingerprint density at radius 3 is 2.62 bits per heavy atom. The summed E-state index contributed by atoms with van der Waals surface area (Å²) in [6, 6.07) is 8.09. The van der Waals surface area contributed by atoms with Crippen molar-refractivity contribution < 1.29 is 19.2 Å². The smallest absolute Gasteiger partial charge is 0.342 e. The van der Waals surface area contributed by atoms with Gasteiger partial charge in [0.2, 0.25) is 0 Å². The summed E-state index contributed by atoms with van der Waals surface area (Å²) in [6.07, 6.45) is 0. The van der Waals surface area contributed by atoms with Crippen LogP contribution in [0.5, 0.6) is 0 Å². The average Bonchev–Trinajstić information content (AvgIpc) is 2.40. The zero-order chi connectivity index (χ0) is 15.6. The van der Waals surface area contributed by atoms with E-state index in [-0.39, 0.29) is 4.90 Å². The molecular weight excluding hydrogens is 321 g/mol. The van der Waals surface area contributed by atoms with Crippen molar-refractivity contribution in [3.05, 3.63) is 62.9 Å². The molecule has 0 radical (unpaired) electrons. The van der Waals surface area contributed by atoms with Crippen molar-refractivity contribution in [3.8, 4) is 0 Å². The van der Waals surface area contributed by atoms with Gasteiger partial charge in [0.1, 0.15) is 11.4 Å². The lowest BCUT2D eigenvalue weighted by molar-refractivity contribution is -0.385. The van der Waals surface area contributed by atoms with Gasteiger partial charge in [-0.1, -0.05) is 29.4 Å². The van der Waals surface area contributed by atoms with Crippen molar-refractivity contribution >= 4 is 35.0 Å². The topological polar surface area (TPSA) is 80.4 Å². The third-order valence-corrected chi connectivity index (χ3v) is 3.76. The van der Waals surface area contributed by atoms with E-state index in [1.165, 1.54) is 0 Å². The van der Waals surface area contributed by atoms with E-state index in [9.17, 15) is 19.3 Å². The Kier molecular flexibility index (Phi) is 4.44. The molecule has 0 amide bonds. The normalized spacial score (nSPS) is 10.4. The minimum absolute atomic E-state index is 0.0275. The number of rotatable bonds is 4. The summed E-state index contributed by atoms with van der Waals surface area (Å²) >= 11 is 6.74. The molecule has 0 unspecified atom stereocenters. The van der Waals surface area contributed by atoms with Crippen LogP contribution in [-0.4, -0.2) is 16.0 Å². The Morgan fingerprint density at radius 2 is 2.05 bits per heavy atom. The standard InChI is InChI=1S/C13H7ClFNO4S/c14-7-2-1-3-8(4-7)21-12-5-9(13(17)18)11(16(19)20)6-10(12)15/h1-6H,(H,17,18). The number of nitro groups is 1. The molecule has 0 aliphatic heterocycles. The van der Waals surface area contributed by atoms with Gasteiger partial charge in [-0.2, -0.15) is 0 Å². The van der Waals surface area contributed by atoms with Gasteiger partial charge in [-0.3, -0.25) is 10.1 Å². The summed E-state index contributed by atoms with van der Waals surface area (Å²) in [5.74, 6) is -2.36. The molecule has 108 valence electrons. The van der Waals surface area contributed by atoms with Crippen molar-refractivity contribution in [1.82, 2.24) is 0 Å². The molecule has 0 saturated heterocycles. The summed E-state index contributed by atoms with van der Waals surface area (Å²) in [5, 5.41) is 20.2. The quantitative estimate of drug-likeness (QED) is 0.671. The summed E-state index contributed by atoms with van der Waals surface area (Å²) in [4.78, 5) is 21.4. The van der Waals surface area contributed by atoms with Crippen LogP contribution in [0.25, 0.3) is 0 Å². The van der Waals surface area contributed by atoms with Gasteiger partial charge >= 0.3 is 5.97 Å². The maximum Gasteiger partial charge on any atom is 0.342 e. The van der Waals surface area contributed by atoms with E-state index in [1.807, 2.05) is 0 Å². The predicted molar refractivity (Wildman–Crippen MR) is 75.6 cm³/mol. The molecule has 21 heavy (non-hydrogen) atoms. The molecule has 1 N–H and O–H groups in total. The molecular formula is C13H7ClFNO4S. The van der Waals surface area contributed by atoms with Gasteiger partial charge in [-0.15, -0.1) is 0 Å². The second kappa shape index (κ2) is 6.11. The van der Waals surface area contributed by atoms with E-state index in [1.54, 1.807) is 24.3 Å². The number of hydrogen-bond acceptors (Lipinski definition) is 4. The Bertz CT molecular complexity index is 738. The monoisotopic (exact) mass is 327 g/mol. The lowest BCUT2D eigenvalue weighted by Crippen LogP contribution is -2.04. The summed E-state index contributed by atoms with van der Waals surface area (Å²) < 4.78 is 13.9. The highest BCUT2D eigenvalue weighted by molar-refractivity contribution is 7.99. The maximum absolute atomic E-state index is 13.9. The molecule has 0 atom stereocenters. The highest BCUT2D eigenvalue weighted by Crippen LogP contribution is 2.34. The van der Waals surface area contributed by atoms with Gasteiger partial charge in [-0.05, 0) is 24.3 Å². The van der Waals surface area contributed by atoms with Crippen molar-refractivity contribution in [2.45, 2.75) is 9.79 Å². The van der Waals surface area contributed by atoms with Gasteiger partial charge < -0.3 is 5.11 Å². The first-order chi connectivity index (χ1) is 9.88. The fraction of sp³-hybridized carbons (Fsp3) is 0. The van der Waals surface area contributed by atoms with Crippen LogP contribution in [0.15, 0.2) is 46.2 Å². The van der Waals surface area contributed by atoms with Crippen molar-refractivity contribution in [1.29, 1.82) is 0 Å². The van der Waals surface area contributed by atoms with Gasteiger partial charge in [0.25, 0.3) is 5.69 Å². The molecule has 0 saturated carbocycles. The predicted octanol–water partition coefficient (Wildman–Crippen LogP) is 4.24. The van der Waals surface area contributed by atoms with Crippen molar-refractivity contribution in [3.63, 3.8) is 0 Å². The van der Waals surface area contributed by atoms with Crippen LogP contribution in [0.2, 0.25) is 5.02 Å². The molecule has 0 bridgehead atoms. The highest BCUT2D eigenvalue weighted by Gasteiger charge is 2.23. The third kappa shape index (κ3) is 3.50. The summed E-state index contributed by atoms with van der Waals surface area (Å²) in [7, 11) is 0. The molecule has 2 rings (SSSR count). The zero-order valence-corrected chi connectivity index (χ0v) is 11.8. The Labute approximate surface area is 127 Å². The number of carboxylic acids is 1. The number of nitrogens with zero attached hydrogens (tertiary/aromatic N) is 1. The summed E-state index contributed by atoms with van der Waals surface area (Å²) in [5.41, 5.74) is -1.35. The van der Waals surface area contributed by atoms with E-state index >= 15 is 0 Å². The molecule has 0 spiro atoms. The molecule has 0 aliphatic carbocycles. The number of halogens is 2. The lowest BCUT2D eigenvalue weighted by Gasteiger charge is -2.06. The number of hydrogen-bond donors (Lipinski definition) is 1. The van der Waals surface area contributed by atoms with Crippen LogP contribution in [0, 0.1) is 15.9 Å². The number of carboxylic acid groups (broad SMARTS) is 1. The second-order valence-corrected chi connectivity index (χ2v) is 5.47. The van der Waals surface area contributed by atoms with Crippen LogP contribution >= 0.6 is 23.4 Å². The van der Waals surface area contributed by atoms with Crippen LogP contribution in [0.4, 0.5) is 10.1 Å². The van der Waals surface area contributed by atoms with E-state index in [0.29, 0.717) is 16.0 Å². The minimum Gasteiger partial charge on any atom is -0.477 e. The van der Waals surface area contributed by atoms with Crippen LogP contribution in [-0.2, 0) is 0 Å². The Morgan fingerprint density at radius 1 is 1.33 bits per heavy atom. The largest absolute Gasteiger partial charge is 0.477 e. The Hall–Kier alpha value is -2.12. The van der Waals surface area contributed by atoms with Crippen LogP contribution < -0.4 is 0 Å². The minimum atomic E-state index is -1.49. The molecule has 2 aromatic carbocycles. The van der Waals surface area contributed by atoms with Crippen molar-refractivity contribution in [2.75, 3.05) is 0 Å². The van der Waals surface area contributed by atoms with Crippen molar-refractivity contribution in [2.24, 2.45) is 0 Å². The number of carbonyl (C=O) groups is 1. The molecule has 8 heteroatoms. The fourth-order valence-corrected chi connectivity index (χ4v) is 2.78. The van der Waals surface area contributed by atoms with Gasteiger partial charge in [0.15, 0.2) is 0 Å². The first-order valence-corrected chi connectivity index (χ1v) is 6.72. The third-order valence-electron chi connectivity index (χ3n) is 2.50. The van der Waals surface area contributed by atoms with E-state index in [4.69, 9.17) is 16.7 Å². The van der Waals surface area contributed by atoms with Gasteiger partial charge in [-0.25, -0.2) is 9.18 Å². The molecule has 0 fully saturated rings. The first-order valence-electron chi connectivity index (χ1n) is 5.53. The number of benzene rings is 2. The van der Waals surface area contributed by atoms with E-state index in [0.717, 1.165) is 17.8 Å². The second-order valence-electron chi connectivity index (χ2n) is 3.92. The molecule has 0 aromatic heterocycles. The molecule has 5 nitrogen and oxygen atoms in total. The fourth-order valence-electron chi connectivity index (χ4n) is 1.60. The number of nitro benzene ring substituents is 1. The summed E-state index contributed by atoms with van der Waals surface area (Å²) in [6.45, 7) is 0. The van der Waals surface area contributed by atoms with E-state index in [2.05, 4.69) is 0 Å².